The molecule has 0 saturated carbocycles. The van der Waals surface area contributed by atoms with Crippen molar-refractivity contribution in [3.63, 3.8) is 0 Å². The van der Waals surface area contributed by atoms with Crippen LogP contribution in [0.25, 0.3) is 5.57 Å². The third-order valence-corrected chi connectivity index (χ3v) is 4.41. The second-order valence-electron chi connectivity index (χ2n) is 6.01. The fourth-order valence-corrected chi connectivity index (χ4v) is 3.41. The van der Waals surface area contributed by atoms with Gasteiger partial charge in [0.1, 0.15) is 0 Å². The number of carbonyl (C=O) groups is 3. The van der Waals surface area contributed by atoms with Crippen molar-refractivity contribution in [2.45, 2.75) is 27.7 Å². The van der Waals surface area contributed by atoms with E-state index in [9.17, 15) is 14.4 Å². The summed E-state index contributed by atoms with van der Waals surface area (Å²) < 4.78 is 0. The summed E-state index contributed by atoms with van der Waals surface area (Å²) in [6, 6.07) is 7.00. The van der Waals surface area contributed by atoms with E-state index in [-0.39, 0.29) is 23.6 Å². The van der Waals surface area contributed by atoms with Crippen LogP contribution in [0.4, 0.5) is 5.69 Å². The van der Waals surface area contributed by atoms with Gasteiger partial charge >= 0.3 is 0 Å². The first kappa shape index (κ1) is 18.3. The first-order valence-corrected chi connectivity index (χ1v) is 8.95. The van der Waals surface area contributed by atoms with Gasteiger partial charge in [-0.3, -0.25) is 19.3 Å². The molecule has 6 heteroatoms. The number of benzene rings is 1. The second-order valence-corrected chi connectivity index (χ2v) is 7.28. The number of imide groups is 1. The van der Waals surface area contributed by atoms with Crippen LogP contribution in [-0.4, -0.2) is 34.9 Å². The molecule has 0 fully saturated rings. The van der Waals surface area contributed by atoms with Crippen LogP contribution in [0.1, 0.15) is 33.3 Å². The Morgan fingerprint density at radius 2 is 1.79 bits per heavy atom. The molecule has 1 aromatic carbocycles. The average molecular weight is 346 g/mol. The standard InChI is InChI=1S/C18H22N2O3S/c1-5-24-16-15(17(22)20(18(16)23)10-11(2)3)13-6-8-14(9-7-13)19-12(4)21/h6-9,11H,5,10H2,1-4H3,(H,19,21). The predicted octanol–water partition coefficient (Wildman–Crippen LogP) is 3.13. The highest BCUT2D eigenvalue weighted by Crippen LogP contribution is 2.36. The molecule has 1 aromatic rings. The molecular formula is C18H22N2O3S. The summed E-state index contributed by atoms with van der Waals surface area (Å²) in [6.07, 6.45) is 0. The molecule has 24 heavy (non-hydrogen) atoms. The molecule has 1 heterocycles. The smallest absolute Gasteiger partial charge is 0.267 e. The number of nitrogens with zero attached hydrogens (tertiary/aromatic N) is 1. The topological polar surface area (TPSA) is 66.5 Å². The van der Waals surface area contributed by atoms with Gasteiger partial charge in [-0.1, -0.05) is 32.9 Å². The maximum absolute atomic E-state index is 12.8. The summed E-state index contributed by atoms with van der Waals surface area (Å²) in [4.78, 5) is 38.3. The van der Waals surface area contributed by atoms with Gasteiger partial charge in [0.05, 0.1) is 10.5 Å². The number of hydrogen-bond donors (Lipinski definition) is 1. The molecule has 1 aliphatic rings. The molecule has 1 aliphatic heterocycles. The van der Waals surface area contributed by atoms with E-state index in [4.69, 9.17) is 0 Å². The van der Waals surface area contributed by atoms with Gasteiger partial charge in [0.25, 0.3) is 11.8 Å². The van der Waals surface area contributed by atoms with E-state index in [1.165, 1.54) is 23.6 Å². The van der Waals surface area contributed by atoms with Crippen LogP contribution >= 0.6 is 11.8 Å². The number of anilines is 1. The predicted molar refractivity (Wildman–Crippen MR) is 97.4 cm³/mol. The Morgan fingerprint density at radius 3 is 2.29 bits per heavy atom. The van der Waals surface area contributed by atoms with Gasteiger partial charge in [0, 0.05) is 19.2 Å². The quantitative estimate of drug-likeness (QED) is 0.804. The van der Waals surface area contributed by atoms with Crippen LogP contribution in [0.3, 0.4) is 0 Å². The van der Waals surface area contributed by atoms with Gasteiger partial charge in [-0.25, -0.2) is 0 Å². The third-order valence-electron chi connectivity index (χ3n) is 3.46. The average Bonchev–Trinajstić information content (AvgIpc) is 2.72. The lowest BCUT2D eigenvalue weighted by atomic mass is 10.1. The highest BCUT2D eigenvalue weighted by atomic mass is 32.2. The largest absolute Gasteiger partial charge is 0.326 e. The van der Waals surface area contributed by atoms with E-state index in [0.29, 0.717) is 28.3 Å². The van der Waals surface area contributed by atoms with Crippen molar-refractivity contribution in [1.82, 2.24) is 4.90 Å². The highest BCUT2D eigenvalue weighted by molar-refractivity contribution is 8.04. The summed E-state index contributed by atoms with van der Waals surface area (Å²) in [5.41, 5.74) is 1.82. The molecule has 0 spiro atoms. The van der Waals surface area contributed by atoms with Crippen LogP contribution < -0.4 is 5.32 Å². The first-order chi connectivity index (χ1) is 11.3. The third kappa shape index (κ3) is 3.87. The maximum Gasteiger partial charge on any atom is 0.267 e. The molecule has 0 atom stereocenters. The number of rotatable bonds is 6. The number of thioether (sulfide) groups is 1. The summed E-state index contributed by atoms with van der Waals surface area (Å²) in [6.45, 7) is 7.77. The van der Waals surface area contributed by atoms with Crippen molar-refractivity contribution < 1.29 is 14.4 Å². The molecular weight excluding hydrogens is 324 g/mol. The lowest BCUT2D eigenvalue weighted by Gasteiger charge is -2.17. The van der Waals surface area contributed by atoms with E-state index < -0.39 is 0 Å². The Labute approximate surface area is 146 Å². The number of amides is 3. The zero-order valence-corrected chi connectivity index (χ0v) is 15.2. The first-order valence-electron chi connectivity index (χ1n) is 7.96. The monoisotopic (exact) mass is 346 g/mol. The van der Waals surface area contributed by atoms with Gasteiger partial charge in [-0.2, -0.15) is 0 Å². The van der Waals surface area contributed by atoms with Crippen LogP contribution in [0.5, 0.6) is 0 Å². The Morgan fingerprint density at radius 1 is 1.17 bits per heavy atom. The Hall–Kier alpha value is -2.08. The molecule has 1 N–H and O–H groups in total. The fraction of sp³-hybridized carbons (Fsp3) is 0.389. The molecule has 3 amide bonds. The van der Waals surface area contributed by atoms with Crippen LogP contribution in [0.15, 0.2) is 29.2 Å². The van der Waals surface area contributed by atoms with Crippen molar-refractivity contribution in [3.8, 4) is 0 Å². The molecule has 0 aliphatic carbocycles. The number of carbonyl (C=O) groups excluding carboxylic acids is 3. The zero-order chi connectivity index (χ0) is 17.9. The lowest BCUT2D eigenvalue weighted by Crippen LogP contribution is -2.34. The van der Waals surface area contributed by atoms with Crippen molar-refractivity contribution in [2.75, 3.05) is 17.6 Å². The molecule has 5 nitrogen and oxygen atoms in total. The van der Waals surface area contributed by atoms with Crippen molar-refractivity contribution in [2.24, 2.45) is 5.92 Å². The Kier molecular flexibility index (Phi) is 5.83. The van der Waals surface area contributed by atoms with Crippen LogP contribution in [-0.2, 0) is 14.4 Å². The minimum atomic E-state index is -0.239. The van der Waals surface area contributed by atoms with Crippen LogP contribution in [0.2, 0.25) is 0 Å². The summed E-state index contributed by atoms with van der Waals surface area (Å²) in [5, 5.41) is 2.69. The Bertz CT molecular complexity index is 693. The van der Waals surface area contributed by atoms with Gasteiger partial charge in [-0.15, -0.1) is 11.8 Å². The molecule has 0 unspecified atom stereocenters. The second kappa shape index (κ2) is 7.66. The Balaban J connectivity index is 2.38. The van der Waals surface area contributed by atoms with Gasteiger partial charge in [-0.05, 0) is 29.4 Å². The molecule has 128 valence electrons. The summed E-state index contributed by atoms with van der Waals surface area (Å²) in [7, 11) is 0. The zero-order valence-electron chi connectivity index (χ0n) is 14.4. The SMILES string of the molecule is CCSC1=C(c2ccc(NC(C)=O)cc2)C(=O)N(CC(C)C)C1=O. The van der Waals surface area contributed by atoms with Gasteiger partial charge in [0.15, 0.2) is 0 Å². The number of nitrogens with one attached hydrogen (secondary N) is 1. The van der Waals surface area contributed by atoms with Crippen molar-refractivity contribution in [1.29, 1.82) is 0 Å². The summed E-state index contributed by atoms with van der Waals surface area (Å²) >= 11 is 1.40. The highest BCUT2D eigenvalue weighted by Gasteiger charge is 2.38. The van der Waals surface area contributed by atoms with E-state index in [0.717, 1.165) is 5.75 Å². The lowest BCUT2D eigenvalue weighted by molar-refractivity contribution is -0.137. The van der Waals surface area contributed by atoms with E-state index in [1.54, 1.807) is 24.3 Å². The van der Waals surface area contributed by atoms with E-state index in [2.05, 4.69) is 5.32 Å². The van der Waals surface area contributed by atoms with Crippen molar-refractivity contribution in [3.05, 3.63) is 34.7 Å². The normalized spacial score (nSPS) is 14.8. The summed E-state index contributed by atoms with van der Waals surface area (Å²) in [5.74, 6) is 0.335. The van der Waals surface area contributed by atoms with Gasteiger partial charge < -0.3 is 5.32 Å². The molecule has 0 radical (unpaired) electrons. The van der Waals surface area contributed by atoms with Crippen LogP contribution in [0, 0.1) is 5.92 Å². The minimum absolute atomic E-state index is 0.153. The molecule has 2 rings (SSSR count). The fourth-order valence-electron chi connectivity index (χ4n) is 2.54. The van der Waals surface area contributed by atoms with E-state index >= 15 is 0 Å². The van der Waals surface area contributed by atoms with E-state index in [1.807, 2.05) is 20.8 Å². The molecule has 0 aromatic heterocycles. The maximum atomic E-state index is 12.8. The van der Waals surface area contributed by atoms with Gasteiger partial charge in [0.2, 0.25) is 5.91 Å². The van der Waals surface area contributed by atoms with Crippen molar-refractivity contribution >= 4 is 40.7 Å². The molecule has 0 saturated heterocycles. The minimum Gasteiger partial charge on any atom is -0.326 e. The molecule has 0 bridgehead atoms. The number of hydrogen-bond acceptors (Lipinski definition) is 4.